The first-order valence-electron chi connectivity index (χ1n) is 5.69. The Morgan fingerprint density at radius 1 is 1.42 bits per heavy atom. The van der Waals surface area contributed by atoms with Gasteiger partial charge in [-0.25, -0.2) is 13.1 Å². The van der Waals surface area contributed by atoms with Gasteiger partial charge in [0.25, 0.3) is 0 Å². The van der Waals surface area contributed by atoms with E-state index in [1.54, 1.807) is 12.1 Å². The van der Waals surface area contributed by atoms with Crippen LogP contribution < -0.4 is 9.62 Å². The molecular formula is C12H17ClN2O3S. The Kier molecular flexibility index (Phi) is 5.34. The highest BCUT2D eigenvalue weighted by Gasteiger charge is 2.14. The molecule has 0 radical (unpaired) electrons. The SMILES string of the molecule is CC(=O)N(CCNS(C)(=O)=O)c1cc(Cl)ccc1C. The monoisotopic (exact) mass is 304 g/mol. The van der Waals surface area contributed by atoms with E-state index in [9.17, 15) is 13.2 Å². The average molecular weight is 305 g/mol. The lowest BCUT2D eigenvalue weighted by molar-refractivity contribution is -0.116. The normalized spacial score (nSPS) is 11.4. The van der Waals surface area contributed by atoms with Gasteiger partial charge < -0.3 is 4.90 Å². The number of rotatable bonds is 5. The lowest BCUT2D eigenvalue weighted by Crippen LogP contribution is -2.37. The molecule has 0 bridgehead atoms. The summed E-state index contributed by atoms with van der Waals surface area (Å²) in [4.78, 5) is 13.2. The lowest BCUT2D eigenvalue weighted by atomic mass is 10.2. The summed E-state index contributed by atoms with van der Waals surface area (Å²) >= 11 is 5.92. The van der Waals surface area contributed by atoms with E-state index in [0.29, 0.717) is 10.7 Å². The predicted molar refractivity (Wildman–Crippen MR) is 77.1 cm³/mol. The van der Waals surface area contributed by atoms with Gasteiger partial charge in [0.1, 0.15) is 0 Å². The van der Waals surface area contributed by atoms with Crippen molar-refractivity contribution < 1.29 is 13.2 Å². The minimum Gasteiger partial charge on any atom is -0.311 e. The molecule has 0 aliphatic heterocycles. The molecule has 1 amide bonds. The third kappa shape index (κ3) is 5.18. The van der Waals surface area contributed by atoms with Crippen LogP contribution in [0, 0.1) is 6.92 Å². The summed E-state index contributed by atoms with van der Waals surface area (Å²) in [5.41, 5.74) is 1.59. The van der Waals surface area contributed by atoms with Gasteiger partial charge in [-0.15, -0.1) is 0 Å². The number of sulfonamides is 1. The van der Waals surface area contributed by atoms with Crippen molar-refractivity contribution in [2.75, 3.05) is 24.2 Å². The molecular weight excluding hydrogens is 288 g/mol. The van der Waals surface area contributed by atoms with Crippen LogP contribution in [0.5, 0.6) is 0 Å². The second kappa shape index (κ2) is 6.36. The summed E-state index contributed by atoms with van der Waals surface area (Å²) in [6.07, 6.45) is 1.08. The molecule has 1 aromatic carbocycles. The van der Waals surface area contributed by atoms with Gasteiger partial charge in [-0.1, -0.05) is 17.7 Å². The first-order valence-corrected chi connectivity index (χ1v) is 7.96. The Morgan fingerprint density at radius 2 is 2.05 bits per heavy atom. The highest BCUT2D eigenvalue weighted by Crippen LogP contribution is 2.24. The van der Waals surface area contributed by atoms with E-state index in [-0.39, 0.29) is 19.0 Å². The number of carbonyl (C=O) groups excluding carboxylic acids is 1. The van der Waals surface area contributed by atoms with Gasteiger partial charge in [0, 0.05) is 30.7 Å². The van der Waals surface area contributed by atoms with E-state index in [1.807, 2.05) is 13.0 Å². The summed E-state index contributed by atoms with van der Waals surface area (Å²) in [7, 11) is -3.26. The van der Waals surface area contributed by atoms with Crippen LogP contribution in [0.4, 0.5) is 5.69 Å². The van der Waals surface area contributed by atoms with Gasteiger partial charge in [-0.2, -0.15) is 0 Å². The molecule has 0 saturated carbocycles. The van der Waals surface area contributed by atoms with Crippen LogP contribution in [0.2, 0.25) is 5.02 Å². The van der Waals surface area contributed by atoms with Gasteiger partial charge in [-0.3, -0.25) is 4.79 Å². The van der Waals surface area contributed by atoms with E-state index in [2.05, 4.69) is 4.72 Å². The van der Waals surface area contributed by atoms with Crippen LogP contribution in [0.15, 0.2) is 18.2 Å². The van der Waals surface area contributed by atoms with Gasteiger partial charge >= 0.3 is 0 Å². The number of amides is 1. The highest BCUT2D eigenvalue weighted by molar-refractivity contribution is 7.88. The van der Waals surface area contributed by atoms with Crippen LogP contribution in [-0.2, 0) is 14.8 Å². The van der Waals surface area contributed by atoms with E-state index >= 15 is 0 Å². The van der Waals surface area contributed by atoms with Crippen molar-refractivity contribution in [2.24, 2.45) is 0 Å². The lowest BCUT2D eigenvalue weighted by Gasteiger charge is -2.23. The number of nitrogens with one attached hydrogen (secondary N) is 1. The fraction of sp³-hybridized carbons (Fsp3) is 0.417. The zero-order valence-electron chi connectivity index (χ0n) is 11.1. The summed E-state index contributed by atoms with van der Waals surface area (Å²) in [6, 6.07) is 5.25. The van der Waals surface area contributed by atoms with Crippen LogP contribution in [-0.4, -0.2) is 33.7 Å². The Bertz CT molecular complexity index is 572. The first kappa shape index (κ1) is 15.9. The summed E-state index contributed by atoms with van der Waals surface area (Å²) in [6.45, 7) is 3.71. The molecule has 0 atom stereocenters. The first-order chi connectivity index (χ1) is 8.70. The molecule has 19 heavy (non-hydrogen) atoms. The summed E-state index contributed by atoms with van der Waals surface area (Å²) < 4.78 is 24.4. The van der Waals surface area contributed by atoms with E-state index in [0.717, 1.165) is 11.8 Å². The van der Waals surface area contributed by atoms with Crippen molar-refractivity contribution in [1.29, 1.82) is 0 Å². The topological polar surface area (TPSA) is 66.5 Å². The van der Waals surface area contributed by atoms with Crippen molar-refractivity contribution in [2.45, 2.75) is 13.8 Å². The van der Waals surface area contributed by atoms with Gasteiger partial charge in [0.2, 0.25) is 15.9 Å². The molecule has 0 saturated heterocycles. The molecule has 7 heteroatoms. The maximum atomic E-state index is 11.7. The highest BCUT2D eigenvalue weighted by atomic mass is 35.5. The average Bonchev–Trinajstić information content (AvgIpc) is 2.26. The fourth-order valence-corrected chi connectivity index (χ4v) is 2.29. The number of aryl methyl sites for hydroxylation is 1. The second-order valence-corrected chi connectivity index (χ2v) is 6.54. The van der Waals surface area contributed by atoms with E-state index < -0.39 is 10.0 Å². The Hall–Kier alpha value is -1.11. The molecule has 1 N–H and O–H groups in total. The predicted octanol–water partition coefficient (Wildman–Crippen LogP) is 1.55. The molecule has 1 rings (SSSR count). The van der Waals surface area contributed by atoms with E-state index in [1.165, 1.54) is 11.8 Å². The number of benzene rings is 1. The minimum atomic E-state index is -3.26. The Balaban J connectivity index is 2.89. The number of halogens is 1. The van der Waals surface area contributed by atoms with Crippen LogP contribution in [0.3, 0.4) is 0 Å². The quantitative estimate of drug-likeness (QED) is 0.897. The molecule has 0 fully saturated rings. The molecule has 0 aliphatic rings. The molecule has 0 unspecified atom stereocenters. The maximum absolute atomic E-state index is 11.7. The van der Waals surface area contributed by atoms with Crippen LogP contribution >= 0.6 is 11.6 Å². The largest absolute Gasteiger partial charge is 0.311 e. The molecule has 0 aromatic heterocycles. The van der Waals surface area contributed by atoms with Crippen molar-refractivity contribution in [1.82, 2.24) is 4.72 Å². The van der Waals surface area contributed by atoms with Crippen LogP contribution in [0.1, 0.15) is 12.5 Å². The van der Waals surface area contributed by atoms with Crippen LogP contribution in [0.25, 0.3) is 0 Å². The van der Waals surface area contributed by atoms with Gasteiger partial charge in [0.15, 0.2) is 0 Å². The van der Waals surface area contributed by atoms with Crippen molar-refractivity contribution in [3.63, 3.8) is 0 Å². The number of nitrogens with zero attached hydrogens (tertiary/aromatic N) is 1. The van der Waals surface area contributed by atoms with Crippen molar-refractivity contribution in [3.8, 4) is 0 Å². The Labute approximate surface area is 118 Å². The van der Waals surface area contributed by atoms with E-state index in [4.69, 9.17) is 11.6 Å². The number of anilines is 1. The number of hydrogen-bond acceptors (Lipinski definition) is 3. The zero-order valence-corrected chi connectivity index (χ0v) is 12.7. The molecule has 106 valence electrons. The maximum Gasteiger partial charge on any atom is 0.223 e. The third-order valence-corrected chi connectivity index (χ3v) is 3.51. The Morgan fingerprint density at radius 3 is 2.58 bits per heavy atom. The zero-order chi connectivity index (χ0) is 14.6. The number of hydrogen-bond donors (Lipinski definition) is 1. The number of carbonyl (C=O) groups is 1. The van der Waals surface area contributed by atoms with Gasteiger partial charge in [0.05, 0.1) is 6.26 Å². The minimum absolute atomic E-state index is 0.157. The fourth-order valence-electron chi connectivity index (χ4n) is 1.66. The second-order valence-electron chi connectivity index (χ2n) is 4.27. The molecule has 1 aromatic rings. The molecule has 0 heterocycles. The van der Waals surface area contributed by atoms with Gasteiger partial charge in [-0.05, 0) is 24.6 Å². The van der Waals surface area contributed by atoms with Crippen molar-refractivity contribution >= 4 is 33.2 Å². The summed E-state index contributed by atoms with van der Waals surface area (Å²) in [5, 5.41) is 0.530. The molecule has 5 nitrogen and oxygen atoms in total. The molecule has 0 spiro atoms. The summed E-state index contributed by atoms with van der Waals surface area (Å²) in [5.74, 6) is -0.166. The smallest absolute Gasteiger partial charge is 0.223 e. The van der Waals surface area contributed by atoms with Crippen molar-refractivity contribution in [3.05, 3.63) is 28.8 Å². The third-order valence-electron chi connectivity index (χ3n) is 2.54. The molecule has 0 aliphatic carbocycles. The standard InChI is InChI=1S/C12H17ClN2O3S/c1-9-4-5-11(13)8-12(9)15(10(2)16)7-6-14-19(3,17)18/h4-5,8,14H,6-7H2,1-3H3.